The summed E-state index contributed by atoms with van der Waals surface area (Å²) < 4.78 is 6.06. The molecule has 0 saturated heterocycles. The molecule has 0 aliphatic heterocycles. The standard InChI is InChI=1S/C22H17N3O3S/c1-28-18-9-7-17(8-10-18)24-21(26)14-2-5-16(6-3-14)25-22(27)15-4-11-19-20(12-15)29-13-23-19/h2-13H,1H3,(H,24,26)(H,25,27). The number of fused-ring (bicyclic) bond motifs is 1. The van der Waals surface area contributed by atoms with Crippen LogP contribution in [-0.4, -0.2) is 23.9 Å². The van der Waals surface area contributed by atoms with Crippen LogP contribution in [0.15, 0.2) is 72.2 Å². The zero-order valence-corrected chi connectivity index (χ0v) is 16.3. The molecule has 2 amide bonds. The lowest BCUT2D eigenvalue weighted by Gasteiger charge is -2.08. The fourth-order valence-corrected chi connectivity index (χ4v) is 3.50. The van der Waals surface area contributed by atoms with Crippen molar-refractivity contribution in [2.24, 2.45) is 0 Å². The molecule has 7 heteroatoms. The summed E-state index contributed by atoms with van der Waals surface area (Å²) in [5.41, 5.74) is 4.96. The lowest BCUT2D eigenvalue weighted by molar-refractivity contribution is 0.102. The SMILES string of the molecule is COc1ccc(NC(=O)c2ccc(NC(=O)c3ccc4ncsc4c3)cc2)cc1. The lowest BCUT2D eigenvalue weighted by Crippen LogP contribution is -2.13. The molecule has 144 valence electrons. The number of hydrogen-bond acceptors (Lipinski definition) is 5. The molecule has 3 aromatic carbocycles. The number of carbonyl (C=O) groups excluding carboxylic acids is 2. The lowest BCUT2D eigenvalue weighted by atomic mass is 10.1. The first-order valence-corrected chi connectivity index (χ1v) is 9.70. The van der Waals surface area contributed by atoms with Crippen LogP contribution >= 0.6 is 11.3 Å². The molecular weight excluding hydrogens is 386 g/mol. The van der Waals surface area contributed by atoms with Crippen LogP contribution in [0, 0.1) is 0 Å². The number of nitrogens with zero attached hydrogens (tertiary/aromatic N) is 1. The largest absolute Gasteiger partial charge is 0.497 e. The van der Waals surface area contributed by atoms with E-state index in [0.717, 1.165) is 16.0 Å². The molecule has 4 rings (SSSR count). The topological polar surface area (TPSA) is 80.3 Å². The first kappa shape index (κ1) is 18.6. The summed E-state index contributed by atoms with van der Waals surface area (Å²) in [4.78, 5) is 29.1. The maximum absolute atomic E-state index is 12.5. The molecule has 0 aliphatic carbocycles. The second-order valence-electron chi connectivity index (χ2n) is 6.25. The van der Waals surface area contributed by atoms with Crippen molar-refractivity contribution in [3.05, 3.63) is 83.4 Å². The van der Waals surface area contributed by atoms with E-state index in [9.17, 15) is 9.59 Å². The fraction of sp³-hybridized carbons (Fsp3) is 0.0455. The average molecular weight is 403 g/mol. The van der Waals surface area contributed by atoms with Gasteiger partial charge >= 0.3 is 0 Å². The summed E-state index contributed by atoms with van der Waals surface area (Å²) in [6.07, 6.45) is 0. The Morgan fingerprint density at radius 2 is 1.41 bits per heavy atom. The maximum Gasteiger partial charge on any atom is 0.255 e. The van der Waals surface area contributed by atoms with E-state index in [2.05, 4.69) is 15.6 Å². The zero-order valence-electron chi connectivity index (χ0n) is 15.5. The Kier molecular flexibility index (Phi) is 5.22. The number of ether oxygens (including phenoxy) is 1. The van der Waals surface area contributed by atoms with E-state index in [4.69, 9.17) is 4.74 Å². The Bertz CT molecular complexity index is 1170. The van der Waals surface area contributed by atoms with Gasteiger partial charge in [-0.15, -0.1) is 11.3 Å². The van der Waals surface area contributed by atoms with Gasteiger partial charge in [0.1, 0.15) is 5.75 Å². The third-order valence-electron chi connectivity index (χ3n) is 4.35. The predicted octanol–water partition coefficient (Wildman–Crippen LogP) is 4.81. The molecule has 29 heavy (non-hydrogen) atoms. The van der Waals surface area contributed by atoms with Gasteiger partial charge in [-0.25, -0.2) is 4.98 Å². The van der Waals surface area contributed by atoms with Gasteiger partial charge in [0.2, 0.25) is 0 Å². The zero-order chi connectivity index (χ0) is 20.2. The van der Waals surface area contributed by atoms with Gasteiger partial charge in [0, 0.05) is 22.5 Å². The Balaban J connectivity index is 1.41. The highest BCUT2D eigenvalue weighted by molar-refractivity contribution is 7.16. The average Bonchev–Trinajstić information content (AvgIpc) is 3.22. The van der Waals surface area contributed by atoms with Crippen LogP contribution in [-0.2, 0) is 0 Å². The van der Waals surface area contributed by atoms with Crippen LogP contribution < -0.4 is 15.4 Å². The summed E-state index contributed by atoms with van der Waals surface area (Å²) in [5, 5.41) is 5.67. The van der Waals surface area contributed by atoms with Crippen molar-refractivity contribution < 1.29 is 14.3 Å². The van der Waals surface area contributed by atoms with Crippen molar-refractivity contribution in [3.8, 4) is 5.75 Å². The van der Waals surface area contributed by atoms with Crippen molar-refractivity contribution in [2.45, 2.75) is 0 Å². The Hall–Kier alpha value is -3.71. The van der Waals surface area contributed by atoms with Gasteiger partial charge in [-0.1, -0.05) is 0 Å². The monoisotopic (exact) mass is 403 g/mol. The third kappa shape index (κ3) is 4.25. The van der Waals surface area contributed by atoms with Crippen molar-refractivity contribution in [1.29, 1.82) is 0 Å². The Morgan fingerprint density at radius 3 is 2.07 bits per heavy atom. The van der Waals surface area contributed by atoms with Gasteiger partial charge < -0.3 is 15.4 Å². The number of amides is 2. The molecule has 6 nitrogen and oxygen atoms in total. The van der Waals surface area contributed by atoms with E-state index in [0.29, 0.717) is 22.5 Å². The number of carbonyl (C=O) groups is 2. The number of rotatable bonds is 5. The molecule has 2 N–H and O–H groups in total. The van der Waals surface area contributed by atoms with Crippen LogP contribution in [0.1, 0.15) is 20.7 Å². The molecule has 0 unspecified atom stereocenters. The van der Waals surface area contributed by atoms with Gasteiger partial charge in [-0.05, 0) is 66.7 Å². The minimum absolute atomic E-state index is 0.212. The van der Waals surface area contributed by atoms with Gasteiger partial charge in [0.25, 0.3) is 11.8 Å². The van der Waals surface area contributed by atoms with Gasteiger partial charge in [0.05, 0.1) is 22.8 Å². The van der Waals surface area contributed by atoms with Gasteiger partial charge in [-0.3, -0.25) is 9.59 Å². The summed E-state index contributed by atoms with van der Waals surface area (Å²) in [5.74, 6) is 0.275. The van der Waals surface area contributed by atoms with Crippen LogP contribution in [0.2, 0.25) is 0 Å². The van der Waals surface area contributed by atoms with E-state index in [-0.39, 0.29) is 11.8 Å². The molecule has 0 aliphatic rings. The number of benzene rings is 3. The summed E-state index contributed by atoms with van der Waals surface area (Å²) in [6.45, 7) is 0. The quantitative estimate of drug-likeness (QED) is 0.501. The molecule has 0 bridgehead atoms. The molecular formula is C22H17N3O3S. The third-order valence-corrected chi connectivity index (χ3v) is 5.14. The van der Waals surface area contributed by atoms with E-state index in [1.54, 1.807) is 67.2 Å². The number of methoxy groups -OCH3 is 1. The second-order valence-corrected chi connectivity index (χ2v) is 7.14. The number of thiazole rings is 1. The summed E-state index contributed by atoms with van der Waals surface area (Å²) in [7, 11) is 1.59. The van der Waals surface area contributed by atoms with Crippen LogP contribution in [0.5, 0.6) is 5.75 Å². The molecule has 0 spiro atoms. The van der Waals surface area contributed by atoms with Gasteiger partial charge in [-0.2, -0.15) is 0 Å². The summed E-state index contributed by atoms with van der Waals surface area (Å²) >= 11 is 1.49. The van der Waals surface area contributed by atoms with Crippen molar-refractivity contribution in [2.75, 3.05) is 17.7 Å². The summed E-state index contributed by atoms with van der Waals surface area (Å²) in [6, 6.07) is 19.2. The molecule has 0 radical (unpaired) electrons. The minimum atomic E-state index is -0.233. The molecule has 0 atom stereocenters. The number of aromatic nitrogens is 1. The number of nitrogens with one attached hydrogen (secondary N) is 2. The van der Waals surface area contributed by atoms with E-state index >= 15 is 0 Å². The van der Waals surface area contributed by atoms with Crippen LogP contribution in [0.3, 0.4) is 0 Å². The van der Waals surface area contributed by atoms with E-state index in [1.165, 1.54) is 11.3 Å². The minimum Gasteiger partial charge on any atom is -0.497 e. The number of anilines is 2. The number of hydrogen-bond donors (Lipinski definition) is 2. The maximum atomic E-state index is 12.5. The van der Waals surface area contributed by atoms with E-state index in [1.807, 2.05) is 12.1 Å². The normalized spacial score (nSPS) is 10.5. The Morgan fingerprint density at radius 1 is 0.828 bits per heavy atom. The molecule has 4 aromatic rings. The van der Waals surface area contributed by atoms with E-state index < -0.39 is 0 Å². The molecule has 1 heterocycles. The van der Waals surface area contributed by atoms with Crippen molar-refractivity contribution in [3.63, 3.8) is 0 Å². The predicted molar refractivity (Wildman–Crippen MR) is 115 cm³/mol. The molecule has 0 fully saturated rings. The Labute approximate surface area is 171 Å². The van der Waals surface area contributed by atoms with Crippen LogP contribution in [0.25, 0.3) is 10.2 Å². The van der Waals surface area contributed by atoms with Crippen LogP contribution in [0.4, 0.5) is 11.4 Å². The highest BCUT2D eigenvalue weighted by Gasteiger charge is 2.10. The fourth-order valence-electron chi connectivity index (χ4n) is 2.78. The van der Waals surface area contributed by atoms with Crippen molar-refractivity contribution >= 4 is 44.7 Å². The molecule has 1 aromatic heterocycles. The first-order valence-electron chi connectivity index (χ1n) is 8.82. The second kappa shape index (κ2) is 8.12. The van der Waals surface area contributed by atoms with Gasteiger partial charge in [0.15, 0.2) is 0 Å². The molecule has 0 saturated carbocycles. The highest BCUT2D eigenvalue weighted by Crippen LogP contribution is 2.20. The van der Waals surface area contributed by atoms with Crippen molar-refractivity contribution in [1.82, 2.24) is 4.98 Å². The smallest absolute Gasteiger partial charge is 0.255 e. The highest BCUT2D eigenvalue weighted by atomic mass is 32.1. The first-order chi connectivity index (χ1) is 14.1.